The predicted molar refractivity (Wildman–Crippen MR) is 98.0 cm³/mol. The van der Waals surface area contributed by atoms with E-state index < -0.39 is 0 Å². The lowest BCUT2D eigenvalue weighted by molar-refractivity contribution is -0.118. The number of rotatable bonds is 7. The highest BCUT2D eigenvalue weighted by molar-refractivity contribution is 7.99. The number of carbonyl (C=O) groups excluding carboxylic acids is 1. The lowest BCUT2D eigenvalue weighted by Crippen LogP contribution is -2.27. The van der Waals surface area contributed by atoms with Crippen molar-refractivity contribution < 1.29 is 4.79 Å². The van der Waals surface area contributed by atoms with Crippen LogP contribution in [0.15, 0.2) is 59.8 Å². The molecule has 0 fully saturated rings. The number of tetrazole rings is 1. The minimum Gasteiger partial charge on any atom is -0.355 e. The van der Waals surface area contributed by atoms with Crippen LogP contribution in [0.2, 0.25) is 5.02 Å². The Morgan fingerprint density at radius 3 is 2.64 bits per heavy atom. The van der Waals surface area contributed by atoms with Gasteiger partial charge in [-0.2, -0.15) is 4.68 Å². The van der Waals surface area contributed by atoms with Crippen LogP contribution in [-0.4, -0.2) is 38.4 Å². The second-order valence-corrected chi connectivity index (χ2v) is 6.60. The van der Waals surface area contributed by atoms with Gasteiger partial charge in [0, 0.05) is 11.6 Å². The molecule has 0 saturated carbocycles. The maximum Gasteiger partial charge on any atom is 0.230 e. The average molecular weight is 374 g/mol. The van der Waals surface area contributed by atoms with Gasteiger partial charge in [0.1, 0.15) is 0 Å². The molecular formula is C17H16ClN5OS. The molecule has 0 unspecified atom stereocenters. The number of nitrogens with one attached hydrogen (secondary N) is 1. The van der Waals surface area contributed by atoms with Crippen molar-refractivity contribution in [1.29, 1.82) is 0 Å². The largest absolute Gasteiger partial charge is 0.355 e. The second-order valence-electron chi connectivity index (χ2n) is 5.22. The molecule has 0 saturated heterocycles. The summed E-state index contributed by atoms with van der Waals surface area (Å²) in [6.45, 7) is 0.603. The van der Waals surface area contributed by atoms with E-state index in [1.165, 1.54) is 17.3 Å². The predicted octanol–water partition coefficient (Wildman–Crippen LogP) is 2.77. The maximum atomic E-state index is 12.0. The SMILES string of the molecule is O=C(CSc1nnnn1-c1ccc(Cl)cc1)NCCc1ccccc1. The van der Waals surface area contributed by atoms with Gasteiger partial charge in [0.05, 0.1) is 11.4 Å². The number of hydrogen-bond acceptors (Lipinski definition) is 5. The smallest absolute Gasteiger partial charge is 0.230 e. The Bertz CT molecular complexity index is 823. The van der Waals surface area contributed by atoms with Gasteiger partial charge >= 0.3 is 0 Å². The zero-order valence-electron chi connectivity index (χ0n) is 13.3. The van der Waals surface area contributed by atoms with Gasteiger partial charge in [0.25, 0.3) is 0 Å². The molecular weight excluding hydrogens is 358 g/mol. The molecule has 1 amide bonds. The Morgan fingerprint density at radius 1 is 1.12 bits per heavy atom. The summed E-state index contributed by atoms with van der Waals surface area (Å²) in [6.07, 6.45) is 0.805. The van der Waals surface area contributed by atoms with Crippen LogP contribution in [0.3, 0.4) is 0 Å². The summed E-state index contributed by atoms with van der Waals surface area (Å²) in [5, 5.41) is 15.7. The standard InChI is InChI=1S/C17H16ClN5OS/c18-14-6-8-15(9-7-14)23-17(20-21-22-23)25-12-16(24)19-11-10-13-4-2-1-3-5-13/h1-9H,10-12H2,(H,19,24). The number of hydrogen-bond donors (Lipinski definition) is 1. The van der Waals surface area contributed by atoms with E-state index in [0.29, 0.717) is 16.7 Å². The van der Waals surface area contributed by atoms with Crippen LogP contribution in [0.5, 0.6) is 0 Å². The molecule has 25 heavy (non-hydrogen) atoms. The first-order chi connectivity index (χ1) is 12.2. The topological polar surface area (TPSA) is 72.7 Å². The van der Waals surface area contributed by atoms with Gasteiger partial charge in [-0.3, -0.25) is 4.79 Å². The number of amides is 1. The van der Waals surface area contributed by atoms with Gasteiger partial charge in [-0.1, -0.05) is 53.7 Å². The lowest BCUT2D eigenvalue weighted by Gasteiger charge is -2.06. The molecule has 2 aromatic carbocycles. The molecule has 0 bridgehead atoms. The van der Waals surface area contributed by atoms with E-state index in [-0.39, 0.29) is 11.7 Å². The monoisotopic (exact) mass is 373 g/mol. The molecule has 0 radical (unpaired) electrons. The van der Waals surface area contributed by atoms with Crippen LogP contribution in [0, 0.1) is 0 Å². The van der Waals surface area contributed by atoms with Gasteiger partial charge in [-0.05, 0) is 46.7 Å². The molecule has 0 aliphatic heterocycles. The highest BCUT2D eigenvalue weighted by Gasteiger charge is 2.11. The molecule has 8 heteroatoms. The first-order valence-electron chi connectivity index (χ1n) is 7.70. The van der Waals surface area contributed by atoms with E-state index in [1.807, 2.05) is 42.5 Å². The molecule has 1 N–H and O–H groups in total. The van der Waals surface area contributed by atoms with Crippen LogP contribution in [-0.2, 0) is 11.2 Å². The summed E-state index contributed by atoms with van der Waals surface area (Å²) in [6, 6.07) is 17.2. The van der Waals surface area contributed by atoms with Gasteiger partial charge < -0.3 is 5.32 Å². The van der Waals surface area contributed by atoms with E-state index in [2.05, 4.69) is 20.8 Å². The highest BCUT2D eigenvalue weighted by Crippen LogP contribution is 2.19. The summed E-state index contributed by atoms with van der Waals surface area (Å²) in [5.41, 5.74) is 1.99. The number of carbonyl (C=O) groups is 1. The average Bonchev–Trinajstić information content (AvgIpc) is 3.10. The fourth-order valence-corrected chi connectivity index (χ4v) is 3.03. The van der Waals surface area contributed by atoms with Crippen LogP contribution >= 0.6 is 23.4 Å². The fraction of sp³-hybridized carbons (Fsp3) is 0.176. The Hall–Kier alpha value is -2.38. The highest BCUT2D eigenvalue weighted by atomic mass is 35.5. The summed E-state index contributed by atoms with van der Waals surface area (Å²) in [5.74, 6) is 0.203. The van der Waals surface area contributed by atoms with Crippen LogP contribution in [0.25, 0.3) is 5.69 Å². The number of aromatic nitrogens is 4. The van der Waals surface area contributed by atoms with Crippen molar-refractivity contribution in [2.24, 2.45) is 0 Å². The summed E-state index contributed by atoms with van der Waals surface area (Å²) >= 11 is 7.18. The molecule has 1 aromatic heterocycles. The third-order valence-electron chi connectivity index (χ3n) is 3.42. The molecule has 0 aliphatic rings. The third-order valence-corrected chi connectivity index (χ3v) is 4.59. The number of benzene rings is 2. The quantitative estimate of drug-likeness (QED) is 0.645. The normalized spacial score (nSPS) is 10.6. The lowest BCUT2D eigenvalue weighted by atomic mass is 10.1. The molecule has 128 valence electrons. The van der Waals surface area contributed by atoms with Crippen LogP contribution in [0.4, 0.5) is 0 Å². The zero-order valence-corrected chi connectivity index (χ0v) is 14.9. The molecule has 0 atom stereocenters. The number of thioether (sulfide) groups is 1. The Kier molecular flexibility index (Phi) is 6.03. The molecule has 0 spiro atoms. The van der Waals surface area contributed by atoms with Crippen LogP contribution < -0.4 is 5.32 Å². The van der Waals surface area contributed by atoms with E-state index in [1.54, 1.807) is 16.8 Å². The summed E-state index contributed by atoms with van der Waals surface area (Å²) in [4.78, 5) is 12.0. The van der Waals surface area contributed by atoms with Gasteiger partial charge in [0.2, 0.25) is 11.1 Å². The van der Waals surface area contributed by atoms with Crippen LogP contribution in [0.1, 0.15) is 5.56 Å². The Balaban J connectivity index is 1.49. The number of halogens is 1. The zero-order chi connectivity index (χ0) is 17.5. The summed E-state index contributed by atoms with van der Waals surface area (Å²) < 4.78 is 1.58. The van der Waals surface area contributed by atoms with E-state index in [9.17, 15) is 4.79 Å². The molecule has 0 aliphatic carbocycles. The van der Waals surface area contributed by atoms with E-state index >= 15 is 0 Å². The van der Waals surface area contributed by atoms with E-state index in [0.717, 1.165) is 12.1 Å². The maximum absolute atomic E-state index is 12.0. The van der Waals surface area contributed by atoms with Gasteiger partial charge in [0.15, 0.2) is 0 Å². The first kappa shape index (κ1) is 17.4. The molecule has 6 nitrogen and oxygen atoms in total. The molecule has 3 aromatic rings. The third kappa shape index (κ3) is 5.04. The second kappa shape index (κ2) is 8.64. The fourth-order valence-electron chi connectivity index (χ4n) is 2.19. The Morgan fingerprint density at radius 2 is 1.88 bits per heavy atom. The van der Waals surface area contributed by atoms with Crippen molar-refractivity contribution in [2.75, 3.05) is 12.3 Å². The minimum absolute atomic E-state index is 0.0495. The van der Waals surface area contributed by atoms with Gasteiger partial charge in [-0.25, -0.2) is 0 Å². The Labute approximate surface area is 154 Å². The minimum atomic E-state index is -0.0495. The van der Waals surface area contributed by atoms with E-state index in [4.69, 9.17) is 11.6 Å². The van der Waals surface area contributed by atoms with Crippen molar-refractivity contribution in [1.82, 2.24) is 25.5 Å². The van der Waals surface area contributed by atoms with Crippen molar-refractivity contribution >= 4 is 29.3 Å². The summed E-state index contributed by atoms with van der Waals surface area (Å²) in [7, 11) is 0. The van der Waals surface area contributed by atoms with Gasteiger partial charge in [-0.15, -0.1) is 5.10 Å². The number of nitrogens with zero attached hydrogens (tertiary/aromatic N) is 4. The molecule has 3 rings (SSSR count). The van der Waals surface area contributed by atoms with Crippen molar-refractivity contribution in [3.05, 3.63) is 65.2 Å². The van der Waals surface area contributed by atoms with Crippen molar-refractivity contribution in [3.63, 3.8) is 0 Å². The van der Waals surface area contributed by atoms with Crippen molar-refractivity contribution in [2.45, 2.75) is 11.6 Å². The molecule has 1 heterocycles. The van der Waals surface area contributed by atoms with Crippen molar-refractivity contribution in [3.8, 4) is 5.69 Å². The first-order valence-corrected chi connectivity index (χ1v) is 9.06.